The minimum atomic E-state index is -1.00. The van der Waals surface area contributed by atoms with Crippen LogP contribution in [0, 0.1) is 0 Å². The molecule has 0 aliphatic heterocycles. The third-order valence-corrected chi connectivity index (χ3v) is 2.44. The van der Waals surface area contributed by atoms with Crippen molar-refractivity contribution in [2.24, 2.45) is 0 Å². The maximum atomic E-state index is 10.8. The van der Waals surface area contributed by atoms with Gasteiger partial charge >= 0.3 is 5.97 Å². The highest BCUT2D eigenvalue weighted by Gasteiger charge is 2.11. The topological polar surface area (TPSA) is 89.1 Å². The highest BCUT2D eigenvalue weighted by Crippen LogP contribution is 2.23. The Morgan fingerprint density at radius 2 is 2.00 bits per heavy atom. The quantitative estimate of drug-likeness (QED) is 0.737. The van der Waals surface area contributed by atoms with E-state index >= 15 is 0 Å². The molecule has 0 saturated heterocycles. The molecule has 1 aromatic carbocycles. The number of carboxylic acids is 1. The van der Waals surface area contributed by atoms with Crippen LogP contribution >= 0.6 is 0 Å². The maximum absolute atomic E-state index is 10.8. The molecule has 0 atom stereocenters. The second-order valence-corrected chi connectivity index (χ2v) is 3.63. The lowest BCUT2D eigenvalue weighted by atomic mass is 10.2. The third-order valence-electron chi connectivity index (χ3n) is 2.44. The molecule has 88 valence electrons. The summed E-state index contributed by atoms with van der Waals surface area (Å²) in [5, 5.41) is 8.89. The Balaban J connectivity index is 2.14. The van der Waals surface area contributed by atoms with Crippen molar-refractivity contribution >= 4 is 17.1 Å². The molecule has 0 unspecified atom stereocenters. The predicted molar refractivity (Wildman–Crippen MR) is 62.0 cm³/mol. The van der Waals surface area contributed by atoms with E-state index in [0.29, 0.717) is 22.6 Å². The average molecular weight is 241 g/mol. The van der Waals surface area contributed by atoms with Crippen LogP contribution in [-0.2, 0) is 0 Å². The van der Waals surface area contributed by atoms with Gasteiger partial charge in [0, 0.05) is 12.4 Å². The van der Waals surface area contributed by atoms with Crippen LogP contribution in [0.2, 0.25) is 0 Å². The second kappa shape index (κ2) is 3.92. The van der Waals surface area contributed by atoms with Crippen LogP contribution in [0.15, 0.2) is 41.3 Å². The summed E-state index contributed by atoms with van der Waals surface area (Å²) in [6.45, 7) is 0. The van der Waals surface area contributed by atoms with Gasteiger partial charge < -0.3 is 9.52 Å². The summed E-state index contributed by atoms with van der Waals surface area (Å²) in [5.74, 6) is -0.633. The first kappa shape index (κ1) is 10.4. The number of aromatic carboxylic acids is 1. The van der Waals surface area contributed by atoms with Crippen molar-refractivity contribution in [2.75, 3.05) is 0 Å². The van der Waals surface area contributed by atoms with E-state index in [1.165, 1.54) is 18.5 Å². The van der Waals surface area contributed by atoms with Crippen molar-refractivity contribution in [1.82, 2.24) is 15.0 Å². The lowest BCUT2D eigenvalue weighted by Gasteiger charge is -1.91. The van der Waals surface area contributed by atoms with Gasteiger partial charge in [0.2, 0.25) is 5.89 Å². The van der Waals surface area contributed by atoms with Crippen LogP contribution in [0.25, 0.3) is 22.6 Å². The monoisotopic (exact) mass is 241 g/mol. The van der Waals surface area contributed by atoms with Crippen LogP contribution in [0.5, 0.6) is 0 Å². The van der Waals surface area contributed by atoms with Crippen molar-refractivity contribution in [3.8, 4) is 11.5 Å². The molecule has 0 saturated carbocycles. The smallest absolute Gasteiger partial charge is 0.335 e. The van der Waals surface area contributed by atoms with Crippen molar-refractivity contribution < 1.29 is 14.3 Å². The summed E-state index contributed by atoms with van der Waals surface area (Å²) in [6.07, 6.45) is 4.57. The second-order valence-electron chi connectivity index (χ2n) is 3.63. The van der Waals surface area contributed by atoms with Crippen LogP contribution < -0.4 is 0 Å². The minimum absolute atomic E-state index is 0.162. The number of carbonyl (C=O) groups is 1. The fourth-order valence-electron chi connectivity index (χ4n) is 1.59. The number of rotatable bonds is 2. The molecule has 0 aliphatic rings. The zero-order valence-corrected chi connectivity index (χ0v) is 9.07. The Bertz CT molecular complexity index is 722. The normalized spacial score (nSPS) is 10.7. The number of benzene rings is 1. The molecule has 2 aromatic heterocycles. The molecule has 6 heteroatoms. The molecule has 2 heterocycles. The largest absolute Gasteiger partial charge is 0.478 e. The number of nitrogens with zero attached hydrogens (tertiary/aromatic N) is 3. The number of fused-ring (bicyclic) bond motifs is 1. The Labute approximate surface area is 101 Å². The molecule has 0 amide bonds. The number of hydrogen-bond acceptors (Lipinski definition) is 5. The van der Waals surface area contributed by atoms with E-state index in [1.807, 2.05) is 0 Å². The molecule has 0 spiro atoms. The van der Waals surface area contributed by atoms with E-state index in [2.05, 4.69) is 15.0 Å². The fraction of sp³-hybridized carbons (Fsp3) is 0. The van der Waals surface area contributed by atoms with Crippen molar-refractivity contribution in [3.63, 3.8) is 0 Å². The molecule has 0 radical (unpaired) electrons. The van der Waals surface area contributed by atoms with E-state index in [0.717, 1.165) is 0 Å². The summed E-state index contributed by atoms with van der Waals surface area (Å²) in [7, 11) is 0. The summed E-state index contributed by atoms with van der Waals surface area (Å²) >= 11 is 0. The predicted octanol–water partition coefficient (Wildman–Crippen LogP) is 1.98. The molecular formula is C12H7N3O3. The average Bonchev–Trinajstić information content (AvgIpc) is 2.82. The van der Waals surface area contributed by atoms with Gasteiger partial charge in [-0.3, -0.25) is 0 Å². The highest BCUT2D eigenvalue weighted by molar-refractivity contribution is 5.92. The van der Waals surface area contributed by atoms with Gasteiger partial charge in [0.05, 0.1) is 11.1 Å². The van der Waals surface area contributed by atoms with E-state index in [1.54, 1.807) is 18.5 Å². The lowest BCUT2D eigenvalue weighted by Crippen LogP contribution is -1.94. The SMILES string of the molecule is O=C(O)c1ccc2nc(-c3cncnc3)oc2c1. The number of oxazole rings is 1. The van der Waals surface area contributed by atoms with Gasteiger partial charge in [0.1, 0.15) is 11.8 Å². The molecular weight excluding hydrogens is 234 g/mol. The first-order valence-corrected chi connectivity index (χ1v) is 5.13. The van der Waals surface area contributed by atoms with E-state index in [-0.39, 0.29) is 5.56 Å². The van der Waals surface area contributed by atoms with Crippen LogP contribution in [0.3, 0.4) is 0 Å². The van der Waals surface area contributed by atoms with Gasteiger partial charge in [-0.05, 0) is 18.2 Å². The van der Waals surface area contributed by atoms with E-state index < -0.39 is 5.97 Å². The van der Waals surface area contributed by atoms with Gasteiger partial charge in [-0.25, -0.2) is 19.7 Å². The third kappa shape index (κ3) is 1.69. The molecule has 3 aromatic rings. The fourth-order valence-corrected chi connectivity index (χ4v) is 1.59. The summed E-state index contributed by atoms with van der Waals surface area (Å²) in [4.78, 5) is 22.8. The molecule has 3 rings (SSSR count). The van der Waals surface area contributed by atoms with Crippen molar-refractivity contribution in [3.05, 3.63) is 42.5 Å². The van der Waals surface area contributed by atoms with Gasteiger partial charge in [-0.2, -0.15) is 0 Å². The van der Waals surface area contributed by atoms with Gasteiger partial charge in [-0.15, -0.1) is 0 Å². The molecule has 18 heavy (non-hydrogen) atoms. The van der Waals surface area contributed by atoms with Crippen LogP contribution in [0.1, 0.15) is 10.4 Å². The number of carboxylic acid groups (broad SMARTS) is 1. The Morgan fingerprint density at radius 1 is 1.22 bits per heavy atom. The lowest BCUT2D eigenvalue weighted by molar-refractivity contribution is 0.0697. The van der Waals surface area contributed by atoms with Gasteiger partial charge in [-0.1, -0.05) is 0 Å². The summed E-state index contributed by atoms with van der Waals surface area (Å²) in [5.41, 5.74) is 1.83. The molecule has 1 N–H and O–H groups in total. The molecule has 0 fully saturated rings. The number of hydrogen-bond donors (Lipinski definition) is 1. The molecule has 6 nitrogen and oxygen atoms in total. The van der Waals surface area contributed by atoms with Crippen LogP contribution in [-0.4, -0.2) is 26.0 Å². The highest BCUT2D eigenvalue weighted by atomic mass is 16.4. The van der Waals surface area contributed by atoms with Gasteiger partial charge in [0.15, 0.2) is 5.58 Å². The Hall–Kier alpha value is -2.76. The molecule has 0 aliphatic carbocycles. The minimum Gasteiger partial charge on any atom is -0.478 e. The van der Waals surface area contributed by atoms with Crippen molar-refractivity contribution in [2.45, 2.75) is 0 Å². The Kier molecular flexibility index (Phi) is 2.26. The first-order valence-electron chi connectivity index (χ1n) is 5.13. The Morgan fingerprint density at radius 3 is 2.72 bits per heavy atom. The maximum Gasteiger partial charge on any atom is 0.335 e. The number of aromatic nitrogens is 3. The van der Waals surface area contributed by atoms with Crippen molar-refractivity contribution in [1.29, 1.82) is 0 Å². The van der Waals surface area contributed by atoms with E-state index in [9.17, 15) is 4.79 Å². The van der Waals surface area contributed by atoms with E-state index in [4.69, 9.17) is 9.52 Å². The summed E-state index contributed by atoms with van der Waals surface area (Å²) < 4.78 is 5.49. The zero-order valence-electron chi connectivity index (χ0n) is 9.07. The van der Waals surface area contributed by atoms with Gasteiger partial charge in [0.25, 0.3) is 0 Å². The standard InChI is InChI=1S/C12H7N3O3/c16-12(17)7-1-2-9-10(3-7)18-11(15-9)8-4-13-6-14-5-8/h1-6H,(H,16,17). The molecule has 0 bridgehead atoms. The van der Waals surface area contributed by atoms with Crippen LogP contribution in [0.4, 0.5) is 0 Å². The summed E-state index contributed by atoms with van der Waals surface area (Å²) in [6, 6.07) is 4.53. The zero-order chi connectivity index (χ0) is 12.5. The first-order chi connectivity index (χ1) is 8.74.